The van der Waals surface area contributed by atoms with Gasteiger partial charge >= 0.3 is 5.97 Å². The predicted molar refractivity (Wildman–Crippen MR) is 123 cm³/mol. The van der Waals surface area contributed by atoms with Gasteiger partial charge < -0.3 is 19.7 Å². The van der Waals surface area contributed by atoms with Crippen molar-refractivity contribution in [1.29, 1.82) is 5.26 Å². The first kappa shape index (κ1) is 21.2. The fourth-order valence-electron chi connectivity index (χ4n) is 3.86. The highest BCUT2D eigenvalue weighted by atomic mass is 16.5. The number of hydrogen-bond donors (Lipinski definition) is 1. The number of pyridine rings is 1. The molecule has 162 valence electrons. The maximum atomic E-state index is 12.0. The second kappa shape index (κ2) is 9.40. The monoisotopic (exact) mass is 428 g/mol. The zero-order valence-electron chi connectivity index (χ0n) is 18.0. The summed E-state index contributed by atoms with van der Waals surface area (Å²) >= 11 is 0. The molecule has 0 saturated carbocycles. The van der Waals surface area contributed by atoms with E-state index in [4.69, 9.17) is 9.47 Å². The molecule has 0 saturated heterocycles. The molecule has 7 heteroatoms. The fourth-order valence-corrected chi connectivity index (χ4v) is 3.86. The van der Waals surface area contributed by atoms with Gasteiger partial charge in [-0.25, -0.2) is 4.79 Å². The van der Waals surface area contributed by atoms with E-state index in [1.807, 2.05) is 36.2 Å². The van der Waals surface area contributed by atoms with Gasteiger partial charge in [0.2, 0.25) is 0 Å². The summed E-state index contributed by atoms with van der Waals surface area (Å²) < 4.78 is 10.8. The molecule has 32 heavy (non-hydrogen) atoms. The van der Waals surface area contributed by atoms with E-state index < -0.39 is 5.97 Å². The van der Waals surface area contributed by atoms with Crippen LogP contribution in [0.4, 0.5) is 17.1 Å². The van der Waals surface area contributed by atoms with Crippen molar-refractivity contribution in [3.63, 3.8) is 0 Å². The van der Waals surface area contributed by atoms with Crippen molar-refractivity contribution in [3.05, 3.63) is 77.6 Å². The SMILES string of the molecule is COC(=O)c1ccncc1NC[C@@H]1CCOc2cc(N(C)c3cccc(C#N)c3)ccc21. The molecule has 0 unspecified atom stereocenters. The first-order valence-electron chi connectivity index (χ1n) is 10.4. The lowest BCUT2D eigenvalue weighted by molar-refractivity contribution is 0.0601. The average Bonchev–Trinajstić information content (AvgIpc) is 2.86. The maximum absolute atomic E-state index is 12.0. The summed E-state index contributed by atoms with van der Waals surface area (Å²) in [5.41, 5.74) is 4.77. The van der Waals surface area contributed by atoms with Crippen LogP contribution in [0.2, 0.25) is 0 Å². The molecule has 2 aromatic carbocycles. The summed E-state index contributed by atoms with van der Waals surface area (Å²) in [6, 6.07) is 17.5. The number of anilines is 3. The van der Waals surface area contributed by atoms with E-state index in [1.54, 1.807) is 24.5 Å². The summed E-state index contributed by atoms with van der Waals surface area (Å²) in [6.45, 7) is 1.26. The smallest absolute Gasteiger partial charge is 0.340 e. The maximum Gasteiger partial charge on any atom is 0.340 e. The largest absolute Gasteiger partial charge is 0.493 e. The lowest BCUT2D eigenvalue weighted by Crippen LogP contribution is -2.22. The number of nitriles is 1. The van der Waals surface area contributed by atoms with E-state index in [1.165, 1.54) is 7.11 Å². The lowest BCUT2D eigenvalue weighted by Gasteiger charge is -2.28. The quantitative estimate of drug-likeness (QED) is 0.579. The lowest BCUT2D eigenvalue weighted by atomic mass is 9.92. The fraction of sp³-hybridized carbons (Fsp3) is 0.240. The van der Waals surface area contributed by atoms with Crippen LogP contribution < -0.4 is 15.0 Å². The molecular formula is C25H24N4O3. The summed E-state index contributed by atoms with van der Waals surface area (Å²) in [4.78, 5) is 18.2. The number of nitrogens with one attached hydrogen (secondary N) is 1. The molecule has 2 heterocycles. The molecule has 7 nitrogen and oxygen atoms in total. The number of carbonyl (C=O) groups is 1. The van der Waals surface area contributed by atoms with E-state index in [-0.39, 0.29) is 5.92 Å². The van der Waals surface area contributed by atoms with Gasteiger partial charge in [0.15, 0.2) is 0 Å². The van der Waals surface area contributed by atoms with Crippen LogP contribution in [-0.2, 0) is 4.74 Å². The Hall–Kier alpha value is -4.05. The minimum atomic E-state index is -0.393. The van der Waals surface area contributed by atoms with Gasteiger partial charge in [-0.2, -0.15) is 5.26 Å². The molecule has 4 rings (SSSR count). The van der Waals surface area contributed by atoms with Gasteiger partial charge in [-0.15, -0.1) is 0 Å². The van der Waals surface area contributed by atoms with Crippen molar-refractivity contribution in [2.24, 2.45) is 0 Å². The minimum Gasteiger partial charge on any atom is -0.493 e. The van der Waals surface area contributed by atoms with Gasteiger partial charge in [0.05, 0.1) is 42.8 Å². The molecule has 1 aromatic heterocycles. The van der Waals surface area contributed by atoms with E-state index in [2.05, 4.69) is 28.5 Å². The number of fused-ring (bicyclic) bond motifs is 1. The van der Waals surface area contributed by atoms with E-state index >= 15 is 0 Å². The standard InChI is InChI=1S/C25H24N4O3/c1-29(19-5-3-4-17(12-19)14-26)20-6-7-21-18(9-11-32-24(21)13-20)15-28-23-16-27-10-8-22(23)25(30)31-2/h3-8,10,12-13,16,18,28H,9,11,15H2,1-2H3/t18-/m0/s1. The Balaban J connectivity index is 1.53. The molecule has 0 aliphatic carbocycles. The molecule has 0 radical (unpaired) electrons. The molecule has 1 N–H and O–H groups in total. The Bertz CT molecular complexity index is 1170. The highest BCUT2D eigenvalue weighted by Gasteiger charge is 2.23. The van der Waals surface area contributed by atoms with Crippen LogP contribution >= 0.6 is 0 Å². The van der Waals surface area contributed by atoms with Gasteiger partial charge in [-0.05, 0) is 42.3 Å². The summed E-state index contributed by atoms with van der Waals surface area (Å²) in [5, 5.41) is 12.5. The van der Waals surface area contributed by atoms with Crippen molar-refractivity contribution in [2.45, 2.75) is 12.3 Å². The van der Waals surface area contributed by atoms with Crippen molar-refractivity contribution in [1.82, 2.24) is 4.98 Å². The summed E-state index contributed by atoms with van der Waals surface area (Å²) in [6.07, 6.45) is 4.08. The number of methoxy groups -OCH3 is 1. The van der Waals surface area contributed by atoms with Crippen LogP contribution in [0.1, 0.15) is 33.8 Å². The van der Waals surface area contributed by atoms with Gasteiger partial charge in [-0.1, -0.05) is 12.1 Å². The molecule has 1 atom stereocenters. The summed E-state index contributed by atoms with van der Waals surface area (Å²) in [7, 11) is 3.34. The Morgan fingerprint density at radius 3 is 2.94 bits per heavy atom. The number of esters is 1. The molecule has 0 bridgehead atoms. The topological polar surface area (TPSA) is 87.5 Å². The number of hydrogen-bond acceptors (Lipinski definition) is 7. The van der Waals surface area contributed by atoms with Crippen LogP contribution in [0.5, 0.6) is 5.75 Å². The zero-order chi connectivity index (χ0) is 22.5. The van der Waals surface area contributed by atoms with Crippen molar-refractivity contribution in [2.75, 3.05) is 37.5 Å². The molecule has 0 fully saturated rings. The second-order valence-corrected chi connectivity index (χ2v) is 7.57. The minimum absolute atomic E-state index is 0.228. The molecular weight excluding hydrogens is 404 g/mol. The number of aromatic nitrogens is 1. The van der Waals surface area contributed by atoms with Crippen LogP contribution in [0.25, 0.3) is 0 Å². The van der Waals surface area contributed by atoms with E-state index in [0.29, 0.717) is 30.0 Å². The van der Waals surface area contributed by atoms with Gasteiger partial charge in [0.25, 0.3) is 0 Å². The highest BCUT2D eigenvalue weighted by Crippen LogP contribution is 2.38. The van der Waals surface area contributed by atoms with Gasteiger partial charge in [-0.3, -0.25) is 4.98 Å². The number of rotatable bonds is 6. The van der Waals surface area contributed by atoms with Gasteiger partial charge in [0, 0.05) is 43.1 Å². The number of benzene rings is 2. The average molecular weight is 428 g/mol. The molecule has 1 aliphatic heterocycles. The third-order valence-electron chi connectivity index (χ3n) is 5.68. The second-order valence-electron chi connectivity index (χ2n) is 7.57. The predicted octanol–water partition coefficient (Wildman–Crippen LogP) is 4.49. The first-order valence-corrected chi connectivity index (χ1v) is 10.4. The van der Waals surface area contributed by atoms with Crippen molar-refractivity contribution >= 4 is 23.0 Å². The van der Waals surface area contributed by atoms with Gasteiger partial charge in [0.1, 0.15) is 5.75 Å². The Kier molecular flexibility index (Phi) is 6.22. The Morgan fingerprint density at radius 2 is 2.12 bits per heavy atom. The van der Waals surface area contributed by atoms with E-state index in [9.17, 15) is 10.1 Å². The van der Waals surface area contributed by atoms with Crippen LogP contribution in [0, 0.1) is 11.3 Å². The van der Waals surface area contributed by atoms with Crippen LogP contribution in [-0.4, -0.2) is 38.3 Å². The molecule has 3 aromatic rings. The van der Waals surface area contributed by atoms with E-state index in [0.717, 1.165) is 29.1 Å². The van der Waals surface area contributed by atoms with Crippen LogP contribution in [0.3, 0.4) is 0 Å². The highest BCUT2D eigenvalue weighted by molar-refractivity contribution is 5.95. The first-order chi connectivity index (χ1) is 15.6. The normalized spacial score (nSPS) is 14.5. The summed E-state index contributed by atoms with van der Waals surface area (Å²) in [5.74, 6) is 0.685. The Morgan fingerprint density at radius 1 is 1.28 bits per heavy atom. The molecule has 0 spiro atoms. The third-order valence-corrected chi connectivity index (χ3v) is 5.68. The number of ether oxygens (including phenoxy) is 2. The third kappa shape index (κ3) is 4.35. The number of nitrogens with zero attached hydrogens (tertiary/aromatic N) is 3. The molecule has 0 amide bonds. The number of carbonyl (C=O) groups excluding carboxylic acids is 1. The molecule has 1 aliphatic rings. The van der Waals surface area contributed by atoms with Crippen molar-refractivity contribution < 1.29 is 14.3 Å². The zero-order valence-corrected chi connectivity index (χ0v) is 18.0. The van der Waals surface area contributed by atoms with Crippen molar-refractivity contribution in [3.8, 4) is 11.8 Å². The Labute approximate surface area is 187 Å². The van der Waals surface area contributed by atoms with Crippen LogP contribution in [0.15, 0.2) is 60.9 Å².